The fraction of sp³-hybridized carbons (Fsp3) is 0.0500. The van der Waals surface area contributed by atoms with E-state index in [1.54, 1.807) is 19.3 Å². The van der Waals surface area contributed by atoms with E-state index in [0.717, 1.165) is 22.1 Å². The van der Waals surface area contributed by atoms with Crippen LogP contribution in [0.2, 0.25) is 0 Å². The molecule has 0 aliphatic carbocycles. The topological polar surface area (TPSA) is 69.4 Å². The van der Waals surface area contributed by atoms with Gasteiger partial charge in [0.2, 0.25) is 0 Å². The van der Waals surface area contributed by atoms with Gasteiger partial charge in [0, 0.05) is 17.7 Å². The molecular formula is C20H15NO4. The van der Waals surface area contributed by atoms with Crippen LogP contribution < -0.4 is 4.74 Å². The summed E-state index contributed by atoms with van der Waals surface area (Å²) in [5.74, 6) is 0.509. The van der Waals surface area contributed by atoms with Gasteiger partial charge in [0.15, 0.2) is 5.78 Å². The maximum atomic E-state index is 12.2. The van der Waals surface area contributed by atoms with Gasteiger partial charge in [-0.05, 0) is 40.6 Å². The maximum Gasteiger partial charge on any atom is 0.270 e. The fourth-order valence-electron chi connectivity index (χ4n) is 2.51. The molecule has 3 aromatic rings. The van der Waals surface area contributed by atoms with Crippen LogP contribution in [0.5, 0.6) is 5.75 Å². The third-order valence-electron chi connectivity index (χ3n) is 3.84. The summed E-state index contributed by atoms with van der Waals surface area (Å²) in [6.45, 7) is 0. The number of non-ortho nitro benzene ring substituents is 1. The first kappa shape index (κ1) is 16.4. The molecular weight excluding hydrogens is 318 g/mol. The number of benzene rings is 3. The number of ether oxygens (including phenoxy) is 1. The second-order valence-electron chi connectivity index (χ2n) is 5.48. The van der Waals surface area contributed by atoms with Gasteiger partial charge in [0.05, 0.1) is 12.0 Å². The largest absolute Gasteiger partial charge is 0.497 e. The lowest BCUT2D eigenvalue weighted by atomic mass is 10.0. The van der Waals surface area contributed by atoms with Crippen molar-refractivity contribution < 1.29 is 14.5 Å². The highest BCUT2D eigenvalue weighted by atomic mass is 16.6. The summed E-state index contributed by atoms with van der Waals surface area (Å²) in [5, 5.41) is 12.9. The number of carbonyl (C=O) groups excluding carboxylic acids is 1. The molecule has 0 heterocycles. The van der Waals surface area contributed by atoms with E-state index in [-0.39, 0.29) is 17.0 Å². The molecule has 0 N–H and O–H groups in total. The maximum absolute atomic E-state index is 12.2. The summed E-state index contributed by atoms with van der Waals surface area (Å²) in [7, 11) is 1.62. The number of nitro groups is 1. The highest BCUT2D eigenvalue weighted by molar-refractivity contribution is 6.07. The van der Waals surface area contributed by atoms with E-state index >= 15 is 0 Å². The zero-order valence-corrected chi connectivity index (χ0v) is 13.5. The Morgan fingerprint density at radius 3 is 2.56 bits per heavy atom. The zero-order valence-electron chi connectivity index (χ0n) is 13.5. The van der Waals surface area contributed by atoms with Crippen molar-refractivity contribution in [2.75, 3.05) is 7.11 Å². The van der Waals surface area contributed by atoms with Crippen molar-refractivity contribution in [3.63, 3.8) is 0 Å². The van der Waals surface area contributed by atoms with Gasteiger partial charge >= 0.3 is 0 Å². The summed E-state index contributed by atoms with van der Waals surface area (Å²) < 4.78 is 5.20. The Labute approximate surface area is 144 Å². The quantitative estimate of drug-likeness (QED) is 0.295. The van der Waals surface area contributed by atoms with Gasteiger partial charge in [-0.2, -0.15) is 0 Å². The summed E-state index contributed by atoms with van der Waals surface area (Å²) in [6, 6.07) is 17.3. The molecule has 124 valence electrons. The van der Waals surface area contributed by atoms with E-state index in [4.69, 9.17) is 4.74 Å². The number of ketones is 1. The number of methoxy groups -OCH3 is 1. The first-order valence-electron chi connectivity index (χ1n) is 7.61. The molecule has 0 aromatic heterocycles. The van der Waals surface area contributed by atoms with Crippen LogP contribution in [0, 0.1) is 10.1 Å². The fourth-order valence-corrected chi connectivity index (χ4v) is 2.51. The second-order valence-corrected chi connectivity index (χ2v) is 5.48. The van der Waals surface area contributed by atoms with Gasteiger partial charge in [-0.1, -0.05) is 36.4 Å². The second kappa shape index (κ2) is 6.97. The first-order chi connectivity index (χ1) is 12.1. The number of hydrogen-bond donors (Lipinski definition) is 0. The molecule has 0 saturated heterocycles. The monoisotopic (exact) mass is 333 g/mol. The van der Waals surface area contributed by atoms with Crippen molar-refractivity contribution in [3.05, 3.63) is 88.0 Å². The highest BCUT2D eigenvalue weighted by Gasteiger charge is 2.09. The molecule has 0 atom stereocenters. The van der Waals surface area contributed by atoms with E-state index in [9.17, 15) is 14.9 Å². The molecule has 3 aromatic carbocycles. The lowest BCUT2D eigenvalue weighted by Crippen LogP contribution is -1.96. The predicted molar refractivity (Wildman–Crippen MR) is 97.0 cm³/mol. The van der Waals surface area contributed by atoms with Gasteiger partial charge < -0.3 is 4.74 Å². The van der Waals surface area contributed by atoms with Crippen LogP contribution in [-0.4, -0.2) is 17.8 Å². The van der Waals surface area contributed by atoms with Crippen LogP contribution in [0.3, 0.4) is 0 Å². The summed E-state index contributed by atoms with van der Waals surface area (Å²) >= 11 is 0. The minimum Gasteiger partial charge on any atom is -0.497 e. The minimum absolute atomic E-state index is 0.0982. The highest BCUT2D eigenvalue weighted by Crippen LogP contribution is 2.22. The van der Waals surface area contributed by atoms with Crippen LogP contribution in [0.4, 0.5) is 5.69 Å². The summed E-state index contributed by atoms with van der Waals surface area (Å²) in [5.41, 5.74) is 1.06. The number of fused-ring (bicyclic) bond motifs is 1. The number of allylic oxidation sites excluding steroid dienone is 1. The number of carbonyl (C=O) groups is 1. The Bertz CT molecular complexity index is 992. The van der Waals surface area contributed by atoms with Crippen molar-refractivity contribution in [1.29, 1.82) is 0 Å². The predicted octanol–water partition coefficient (Wildman–Crippen LogP) is 4.65. The van der Waals surface area contributed by atoms with Gasteiger partial charge in [0.25, 0.3) is 5.69 Å². The van der Waals surface area contributed by atoms with Gasteiger partial charge in [-0.3, -0.25) is 14.9 Å². The first-order valence-corrected chi connectivity index (χ1v) is 7.61. The Morgan fingerprint density at radius 1 is 1.04 bits per heavy atom. The van der Waals surface area contributed by atoms with Crippen molar-refractivity contribution in [2.24, 2.45) is 0 Å². The van der Waals surface area contributed by atoms with Crippen molar-refractivity contribution in [2.45, 2.75) is 0 Å². The molecule has 0 amide bonds. The Hall–Kier alpha value is -3.47. The van der Waals surface area contributed by atoms with Gasteiger partial charge in [-0.25, -0.2) is 0 Å². The molecule has 25 heavy (non-hydrogen) atoms. The lowest BCUT2D eigenvalue weighted by molar-refractivity contribution is -0.384. The third kappa shape index (κ3) is 3.72. The van der Waals surface area contributed by atoms with E-state index in [0.29, 0.717) is 0 Å². The number of nitro benzene ring substituents is 1. The molecule has 0 fully saturated rings. The Balaban J connectivity index is 1.83. The smallest absolute Gasteiger partial charge is 0.270 e. The molecule has 0 aliphatic rings. The Morgan fingerprint density at radius 2 is 1.80 bits per heavy atom. The van der Waals surface area contributed by atoms with Crippen LogP contribution in [0.15, 0.2) is 66.7 Å². The SMILES string of the molecule is COc1ccc2cc(/C=C/C(=O)c3cccc([N+](=O)[O-])c3)ccc2c1. The van der Waals surface area contributed by atoms with E-state index in [1.165, 1.54) is 24.3 Å². The van der Waals surface area contributed by atoms with Gasteiger partial charge in [-0.15, -0.1) is 0 Å². The molecule has 3 rings (SSSR count). The summed E-state index contributed by atoms with van der Waals surface area (Å²) in [6.07, 6.45) is 3.12. The standard InChI is InChI=1S/C20H15NO4/c1-25-19-9-8-15-11-14(5-7-16(15)13-19)6-10-20(22)17-3-2-4-18(12-17)21(23)24/h2-13H,1H3/b10-6+. The number of nitrogens with zero attached hydrogens (tertiary/aromatic N) is 1. The minimum atomic E-state index is -0.516. The van der Waals surface area contributed by atoms with Crippen LogP contribution in [-0.2, 0) is 0 Å². The van der Waals surface area contributed by atoms with Crippen LogP contribution >= 0.6 is 0 Å². The zero-order chi connectivity index (χ0) is 17.8. The van der Waals surface area contributed by atoms with Crippen molar-refractivity contribution in [1.82, 2.24) is 0 Å². The molecule has 0 spiro atoms. The Kier molecular flexibility index (Phi) is 4.57. The number of rotatable bonds is 5. The van der Waals surface area contributed by atoms with Crippen molar-refractivity contribution in [3.8, 4) is 5.75 Å². The van der Waals surface area contributed by atoms with Crippen molar-refractivity contribution >= 4 is 28.3 Å². The molecule has 0 unspecified atom stereocenters. The average Bonchev–Trinajstić information content (AvgIpc) is 2.65. The van der Waals surface area contributed by atoms with Crippen LogP contribution in [0.25, 0.3) is 16.8 Å². The molecule has 0 saturated carbocycles. The summed E-state index contributed by atoms with van der Waals surface area (Å²) in [4.78, 5) is 22.5. The normalized spacial score (nSPS) is 10.9. The van der Waals surface area contributed by atoms with E-state index in [2.05, 4.69) is 0 Å². The lowest BCUT2D eigenvalue weighted by Gasteiger charge is -2.03. The van der Waals surface area contributed by atoms with Crippen LogP contribution in [0.1, 0.15) is 15.9 Å². The molecule has 0 radical (unpaired) electrons. The molecule has 5 heteroatoms. The average molecular weight is 333 g/mol. The third-order valence-corrected chi connectivity index (χ3v) is 3.84. The molecule has 5 nitrogen and oxygen atoms in total. The van der Waals surface area contributed by atoms with E-state index in [1.807, 2.05) is 36.4 Å². The van der Waals surface area contributed by atoms with E-state index < -0.39 is 4.92 Å². The number of hydrogen-bond acceptors (Lipinski definition) is 4. The molecule has 0 bridgehead atoms. The van der Waals surface area contributed by atoms with Gasteiger partial charge in [0.1, 0.15) is 5.75 Å². The molecule has 0 aliphatic heterocycles.